The highest BCUT2D eigenvalue weighted by molar-refractivity contribution is 9.10. The average Bonchev–Trinajstić information content (AvgIpc) is 2.43. The summed E-state index contributed by atoms with van der Waals surface area (Å²) in [4.78, 5) is 0. The Bertz CT molecular complexity index is 542. The molecule has 0 aromatic heterocycles. The standard InChI is InChI=1S/C16H17BrFN/c1-11(16(19)13-5-3-2-4-6-13)9-12-7-8-15(18)14(17)10-12/h2-8,10-11,16H,9,19H2,1H3. The molecule has 19 heavy (non-hydrogen) atoms. The van der Waals surface area contributed by atoms with Crippen molar-refractivity contribution >= 4 is 15.9 Å². The lowest BCUT2D eigenvalue weighted by Gasteiger charge is -2.20. The molecule has 0 aliphatic heterocycles. The number of halogens is 2. The summed E-state index contributed by atoms with van der Waals surface area (Å²) in [5, 5.41) is 0. The molecule has 0 aliphatic carbocycles. The molecule has 2 aromatic carbocycles. The molecule has 100 valence electrons. The molecule has 2 aromatic rings. The molecule has 0 bridgehead atoms. The van der Waals surface area contributed by atoms with Crippen LogP contribution in [0.5, 0.6) is 0 Å². The van der Waals surface area contributed by atoms with Gasteiger partial charge in [-0.05, 0) is 51.5 Å². The molecule has 0 aliphatic rings. The molecule has 2 unspecified atom stereocenters. The van der Waals surface area contributed by atoms with E-state index in [1.54, 1.807) is 0 Å². The van der Waals surface area contributed by atoms with Gasteiger partial charge >= 0.3 is 0 Å². The van der Waals surface area contributed by atoms with Crippen LogP contribution in [0.2, 0.25) is 0 Å². The van der Waals surface area contributed by atoms with Crippen LogP contribution in [0.4, 0.5) is 4.39 Å². The maximum atomic E-state index is 13.2. The zero-order valence-corrected chi connectivity index (χ0v) is 12.4. The number of rotatable bonds is 4. The molecular formula is C16H17BrFN. The van der Waals surface area contributed by atoms with Crippen molar-refractivity contribution in [1.82, 2.24) is 0 Å². The van der Waals surface area contributed by atoms with E-state index >= 15 is 0 Å². The van der Waals surface area contributed by atoms with Gasteiger partial charge in [0.2, 0.25) is 0 Å². The zero-order valence-electron chi connectivity index (χ0n) is 10.8. The summed E-state index contributed by atoms with van der Waals surface area (Å²) in [6.07, 6.45) is 0.828. The molecule has 0 saturated heterocycles. The van der Waals surface area contributed by atoms with Gasteiger partial charge in [0.25, 0.3) is 0 Å². The van der Waals surface area contributed by atoms with Crippen molar-refractivity contribution in [3.05, 3.63) is 69.9 Å². The van der Waals surface area contributed by atoms with E-state index in [9.17, 15) is 4.39 Å². The smallest absolute Gasteiger partial charge is 0.137 e. The first-order chi connectivity index (χ1) is 9.08. The minimum atomic E-state index is -0.233. The van der Waals surface area contributed by atoms with E-state index in [4.69, 9.17) is 5.73 Å². The highest BCUT2D eigenvalue weighted by Crippen LogP contribution is 2.24. The van der Waals surface area contributed by atoms with Crippen molar-refractivity contribution in [2.24, 2.45) is 11.7 Å². The summed E-state index contributed by atoms with van der Waals surface area (Å²) in [5.41, 5.74) is 8.49. The number of hydrogen-bond donors (Lipinski definition) is 1. The fraction of sp³-hybridized carbons (Fsp3) is 0.250. The van der Waals surface area contributed by atoms with Gasteiger partial charge < -0.3 is 5.73 Å². The molecule has 0 fully saturated rings. The lowest BCUT2D eigenvalue weighted by Crippen LogP contribution is -2.20. The molecule has 0 heterocycles. The summed E-state index contributed by atoms with van der Waals surface area (Å²) in [6.45, 7) is 2.12. The third-order valence-electron chi connectivity index (χ3n) is 3.34. The van der Waals surface area contributed by atoms with Gasteiger partial charge in [0.15, 0.2) is 0 Å². The minimum absolute atomic E-state index is 0.00923. The lowest BCUT2D eigenvalue weighted by molar-refractivity contribution is 0.467. The second-order valence-corrected chi connectivity index (χ2v) is 5.72. The second-order valence-electron chi connectivity index (χ2n) is 4.87. The average molecular weight is 322 g/mol. The van der Waals surface area contributed by atoms with Crippen LogP contribution in [0.15, 0.2) is 53.0 Å². The van der Waals surface area contributed by atoms with Gasteiger partial charge in [-0.25, -0.2) is 4.39 Å². The first kappa shape index (κ1) is 14.2. The summed E-state index contributed by atoms with van der Waals surface area (Å²) in [5.74, 6) is 0.0588. The van der Waals surface area contributed by atoms with Crippen LogP contribution in [-0.4, -0.2) is 0 Å². The quantitative estimate of drug-likeness (QED) is 0.883. The molecule has 2 N–H and O–H groups in total. The number of benzene rings is 2. The van der Waals surface area contributed by atoms with Crippen molar-refractivity contribution in [3.63, 3.8) is 0 Å². The van der Waals surface area contributed by atoms with Crippen molar-refractivity contribution < 1.29 is 4.39 Å². The third kappa shape index (κ3) is 3.64. The SMILES string of the molecule is CC(Cc1ccc(F)c(Br)c1)C(N)c1ccccc1. The van der Waals surface area contributed by atoms with Gasteiger partial charge in [-0.2, -0.15) is 0 Å². The van der Waals surface area contributed by atoms with Crippen molar-refractivity contribution in [2.45, 2.75) is 19.4 Å². The predicted molar refractivity (Wildman–Crippen MR) is 80.3 cm³/mol. The number of nitrogens with two attached hydrogens (primary N) is 1. The van der Waals surface area contributed by atoms with E-state index in [0.717, 1.165) is 17.5 Å². The molecule has 0 radical (unpaired) electrons. The highest BCUT2D eigenvalue weighted by Gasteiger charge is 2.15. The van der Waals surface area contributed by atoms with E-state index in [2.05, 4.69) is 22.9 Å². The van der Waals surface area contributed by atoms with E-state index in [0.29, 0.717) is 10.4 Å². The van der Waals surface area contributed by atoms with Gasteiger partial charge in [-0.3, -0.25) is 0 Å². The molecule has 0 saturated carbocycles. The first-order valence-corrected chi connectivity index (χ1v) is 7.11. The fourth-order valence-corrected chi connectivity index (χ4v) is 2.60. The zero-order chi connectivity index (χ0) is 13.8. The van der Waals surface area contributed by atoms with Crippen molar-refractivity contribution in [3.8, 4) is 0 Å². The Hall–Kier alpha value is -1.19. The highest BCUT2D eigenvalue weighted by atomic mass is 79.9. The molecule has 0 spiro atoms. The van der Waals surface area contributed by atoms with E-state index in [-0.39, 0.29) is 11.9 Å². The Morgan fingerprint density at radius 3 is 2.47 bits per heavy atom. The largest absolute Gasteiger partial charge is 0.324 e. The van der Waals surface area contributed by atoms with Crippen LogP contribution in [0, 0.1) is 11.7 Å². The van der Waals surface area contributed by atoms with E-state index < -0.39 is 0 Å². The van der Waals surface area contributed by atoms with Crippen LogP contribution in [0.3, 0.4) is 0 Å². The molecular weight excluding hydrogens is 305 g/mol. The maximum Gasteiger partial charge on any atom is 0.137 e. The van der Waals surface area contributed by atoms with Gasteiger partial charge in [-0.1, -0.05) is 43.3 Å². The third-order valence-corrected chi connectivity index (χ3v) is 3.95. The van der Waals surface area contributed by atoms with Gasteiger partial charge in [0.1, 0.15) is 5.82 Å². The van der Waals surface area contributed by atoms with Crippen LogP contribution in [0.25, 0.3) is 0 Å². The van der Waals surface area contributed by atoms with Gasteiger partial charge in [0.05, 0.1) is 4.47 Å². The Balaban J connectivity index is 2.08. The van der Waals surface area contributed by atoms with E-state index in [1.807, 2.05) is 42.5 Å². The normalized spacial score (nSPS) is 14.1. The summed E-state index contributed by atoms with van der Waals surface area (Å²) in [7, 11) is 0. The maximum absolute atomic E-state index is 13.2. The van der Waals surface area contributed by atoms with Crippen LogP contribution < -0.4 is 5.73 Å². The first-order valence-electron chi connectivity index (χ1n) is 6.32. The number of hydrogen-bond acceptors (Lipinski definition) is 1. The second kappa shape index (κ2) is 6.31. The monoisotopic (exact) mass is 321 g/mol. The Morgan fingerprint density at radius 2 is 1.84 bits per heavy atom. The van der Waals surface area contributed by atoms with Crippen LogP contribution >= 0.6 is 15.9 Å². The molecule has 1 nitrogen and oxygen atoms in total. The van der Waals surface area contributed by atoms with Gasteiger partial charge in [-0.15, -0.1) is 0 Å². The van der Waals surface area contributed by atoms with E-state index in [1.165, 1.54) is 6.07 Å². The molecule has 2 rings (SSSR count). The fourth-order valence-electron chi connectivity index (χ4n) is 2.17. The summed E-state index contributed by atoms with van der Waals surface area (Å²) >= 11 is 3.21. The molecule has 2 atom stereocenters. The summed E-state index contributed by atoms with van der Waals surface area (Å²) < 4.78 is 13.7. The van der Waals surface area contributed by atoms with Crippen LogP contribution in [-0.2, 0) is 6.42 Å². The molecule has 3 heteroatoms. The van der Waals surface area contributed by atoms with Gasteiger partial charge in [0, 0.05) is 6.04 Å². The lowest BCUT2D eigenvalue weighted by atomic mass is 9.90. The Morgan fingerprint density at radius 1 is 1.16 bits per heavy atom. The Labute approximate surface area is 121 Å². The minimum Gasteiger partial charge on any atom is -0.324 e. The van der Waals surface area contributed by atoms with Crippen molar-refractivity contribution in [2.75, 3.05) is 0 Å². The van der Waals surface area contributed by atoms with Crippen LogP contribution in [0.1, 0.15) is 24.1 Å². The Kier molecular flexibility index (Phi) is 4.72. The topological polar surface area (TPSA) is 26.0 Å². The van der Waals surface area contributed by atoms with Crippen molar-refractivity contribution in [1.29, 1.82) is 0 Å². The summed E-state index contributed by atoms with van der Waals surface area (Å²) in [6, 6.07) is 15.2. The predicted octanol–water partition coefficient (Wildman–Crippen LogP) is 4.47. The molecule has 0 amide bonds.